The highest BCUT2D eigenvalue weighted by Crippen LogP contribution is 2.19. The van der Waals surface area contributed by atoms with Crippen molar-refractivity contribution < 1.29 is 23.6 Å². The summed E-state index contributed by atoms with van der Waals surface area (Å²) in [4.78, 5) is 10.4. The number of ether oxygens (including phenoxy) is 1. The van der Waals surface area contributed by atoms with Crippen molar-refractivity contribution in [3.63, 3.8) is 0 Å². The zero-order chi connectivity index (χ0) is 14.5. The molecule has 0 saturated carbocycles. The second-order valence-electron chi connectivity index (χ2n) is 4.12. The molecule has 2 aromatic rings. The van der Waals surface area contributed by atoms with E-state index in [0.717, 1.165) is 11.8 Å². The molecule has 0 saturated heterocycles. The number of halogens is 1. The highest BCUT2D eigenvalue weighted by molar-refractivity contribution is 5.85. The number of hydrogen-bond acceptors (Lipinski definition) is 4. The molecule has 5 nitrogen and oxygen atoms in total. The van der Waals surface area contributed by atoms with Gasteiger partial charge in [0.1, 0.15) is 18.2 Å². The zero-order valence-corrected chi connectivity index (χ0v) is 10.7. The summed E-state index contributed by atoms with van der Waals surface area (Å²) >= 11 is 0. The van der Waals surface area contributed by atoms with Crippen LogP contribution in [0.25, 0.3) is 6.08 Å². The van der Waals surface area contributed by atoms with E-state index < -0.39 is 11.8 Å². The Bertz CT molecular complexity index is 648. The van der Waals surface area contributed by atoms with E-state index in [1.165, 1.54) is 24.3 Å². The third-order valence-electron chi connectivity index (χ3n) is 2.37. The predicted octanol–water partition coefficient (Wildman–Crippen LogP) is 2.80. The van der Waals surface area contributed by atoms with Gasteiger partial charge < -0.3 is 14.4 Å². The van der Waals surface area contributed by atoms with Crippen LogP contribution in [0, 0.1) is 12.7 Å². The van der Waals surface area contributed by atoms with Crippen molar-refractivity contribution in [1.82, 2.24) is 5.16 Å². The summed E-state index contributed by atoms with van der Waals surface area (Å²) in [6.45, 7) is 1.90. The number of hydrogen-bond donors (Lipinski definition) is 1. The molecule has 6 heteroatoms. The molecule has 20 heavy (non-hydrogen) atoms. The van der Waals surface area contributed by atoms with Gasteiger partial charge in [0.15, 0.2) is 5.76 Å². The fraction of sp³-hybridized carbons (Fsp3) is 0.143. The lowest BCUT2D eigenvalue weighted by Gasteiger charge is -2.05. The summed E-state index contributed by atoms with van der Waals surface area (Å²) in [5, 5.41) is 12.2. The maximum absolute atomic E-state index is 13.4. The van der Waals surface area contributed by atoms with Gasteiger partial charge in [-0.05, 0) is 30.7 Å². The van der Waals surface area contributed by atoms with Gasteiger partial charge in [0, 0.05) is 18.2 Å². The van der Waals surface area contributed by atoms with Gasteiger partial charge in [0.2, 0.25) is 0 Å². The Balaban J connectivity index is 2.09. The molecule has 0 unspecified atom stereocenters. The topological polar surface area (TPSA) is 72.6 Å². The van der Waals surface area contributed by atoms with Gasteiger partial charge in [0.25, 0.3) is 0 Å². The van der Waals surface area contributed by atoms with E-state index in [4.69, 9.17) is 14.4 Å². The zero-order valence-electron chi connectivity index (χ0n) is 10.7. The van der Waals surface area contributed by atoms with Crippen LogP contribution in [0.3, 0.4) is 0 Å². The minimum atomic E-state index is -1.10. The number of aryl methyl sites for hydroxylation is 1. The Kier molecular flexibility index (Phi) is 4.14. The molecule has 1 aromatic heterocycles. The van der Waals surface area contributed by atoms with E-state index >= 15 is 0 Å². The van der Waals surface area contributed by atoms with Crippen LogP contribution in [0.1, 0.15) is 17.0 Å². The van der Waals surface area contributed by atoms with E-state index in [1.54, 1.807) is 13.0 Å². The highest BCUT2D eigenvalue weighted by atomic mass is 19.1. The maximum Gasteiger partial charge on any atom is 0.328 e. The summed E-state index contributed by atoms with van der Waals surface area (Å²) in [6.07, 6.45) is 2.22. The number of aromatic nitrogens is 1. The molecular weight excluding hydrogens is 265 g/mol. The maximum atomic E-state index is 13.4. The van der Waals surface area contributed by atoms with E-state index in [1.807, 2.05) is 0 Å². The lowest BCUT2D eigenvalue weighted by Crippen LogP contribution is -1.95. The van der Waals surface area contributed by atoms with Crippen LogP contribution in [0.5, 0.6) is 5.75 Å². The van der Waals surface area contributed by atoms with Crippen molar-refractivity contribution in [2.75, 3.05) is 0 Å². The van der Waals surface area contributed by atoms with Crippen LogP contribution >= 0.6 is 0 Å². The number of rotatable bonds is 5. The first-order valence-corrected chi connectivity index (χ1v) is 5.79. The molecule has 0 atom stereocenters. The van der Waals surface area contributed by atoms with Gasteiger partial charge in [-0.25, -0.2) is 9.18 Å². The molecule has 1 aromatic carbocycles. The molecule has 0 spiro atoms. The Labute approximate surface area is 114 Å². The summed E-state index contributed by atoms with van der Waals surface area (Å²) in [5.74, 6) is -0.811. The molecular formula is C14H12FNO4. The SMILES string of the molecule is Cc1cc(COc2cc(F)cc(/C=C/C(=O)O)c2)on1. The van der Waals surface area contributed by atoms with E-state index in [-0.39, 0.29) is 12.4 Å². The standard InChI is InChI=1S/C14H12FNO4/c1-9-4-13(20-16-9)8-19-12-6-10(2-3-14(17)18)5-11(15)7-12/h2-7H,8H2,1H3,(H,17,18)/b3-2+. The Morgan fingerprint density at radius 2 is 2.25 bits per heavy atom. The van der Waals surface area contributed by atoms with Crippen LogP contribution in [0.4, 0.5) is 4.39 Å². The number of aliphatic carboxylic acids is 1. The first-order chi connectivity index (χ1) is 9.52. The molecule has 2 rings (SSSR count). The van der Waals surface area contributed by atoms with Crippen molar-refractivity contribution in [3.8, 4) is 5.75 Å². The Hall–Kier alpha value is -2.63. The minimum absolute atomic E-state index is 0.117. The van der Waals surface area contributed by atoms with Crippen molar-refractivity contribution in [2.45, 2.75) is 13.5 Å². The van der Waals surface area contributed by atoms with E-state index in [2.05, 4.69) is 5.16 Å². The molecule has 0 amide bonds. The average molecular weight is 277 g/mol. The smallest absolute Gasteiger partial charge is 0.328 e. The molecule has 104 valence electrons. The number of carboxylic acid groups (broad SMARTS) is 1. The second-order valence-corrected chi connectivity index (χ2v) is 4.12. The van der Waals surface area contributed by atoms with Crippen LogP contribution in [0.2, 0.25) is 0 Å². The van der Waals surface area contributed by atoms with Gasteiger partial charge in [0.05, 0.1) is 5.69 Å². The van der Waals surface area contributed by atoms with Crippen molar-refractivity contribution >= 4 is 12.0 Å². The first-order valence-electron chi connectivity index (χ1n) is 5.79. The first kappa shape index (κ1) is 13.8. The van der Waals surface area contributed by atoms with Gasteiger partial charge in [-0.1, -0.05) is 5.16 Å². The summed E-state index contributed by atoms with van der Waals surface area (Å²) < 4.78 is 23.7. The molecule has 1 N–H and O–H groups in total. The molecule has 0 fully saturated rings. The lowest BCUT2D eigenvalue weighted by molar-refractivity contribution is -0.131. The van der Waals surface area contributed by atoms with E-state index in [9.17, 15) is 9.18 Å². The van der Waals surface area contributed by atoms with Crippen LogP contribution in [-0.2, 0) is 11.4 Å². The van der Waals surface area contributed by atoms with Crippen molar-refractivity contribution in [2.24, 2.45) is 0 Å². The number of benzene rings is 1. The normalized spacial score (nSPS) is 10.9. The fourth-order valence-corrected chi connectivity index (χ4v) is 1.57. The molecule has 0 radical (unpaired) electrons. The quantitative estimate of drug-likeness (QED) is 0.851. The molecule has 0 aliphatic carbocycles. The Morgan fingerprint density at radius 1 is 1.45 bits per heavy atom. The van der Waals surface area contributed by atoms with E-state index in [0.29, 0.717) is 11.3 Å². The molecule has 0 bridgehead atoms. The van der Waals surface area contributed by atoms with Gasteiger partial charge in [-0.3, -0.25) is 0 Å². The molecule has 1 heterocycles. The Morgan fingerprint density at radius 3 is 2.90 bits per heavy atom. The minimum Gasteiger partial charge on any atom is -0.485 e. The number of carboxylic acids is 1. The third-order valence-corrected chi connectivity index (χ3v) is 2.37. The third kappa shape index (κ3) is 3.94. The summed E-state index contributed by atoms with van der Waals surface area (Å²) in [6, 6.07) is 5.67. The largest absolute Gasteiger partial charge is 0.485 e. The van der Waals surface area contributed by atoms with Gasteiger partial charge in [-0.15, -0.1) is 0 Å². The van der Waals surface area contributed by atoms with Crippen LogP contribution < -0.4 is 4.74 Å². The van der Waals surface area contributed by atoms with Gasteiger partial charge >= 0.3 is 5.97 Å². The van der Waals surface area contributed by atoms with Gasteiger partial charge in [-0.2, -0.15) is 0 Å². The number of nitrogens with zero attached hydrogens (tertiary/aromatic N) is 1. The van der Waals surface area contributed by atoms with Crippen LogP contribution in [-0.4, -0.2) is 16.2 Å². The van der Waals surface area contributed by atoms with Crippen LogP contribution in [0.15, 0.2) is 34.9 Å². The average Bonchev–Trinajstić information content (AvgIpc) is 2.79. The summed E-state index contributed by atoms with van der Waals surface area (Å²) in [5.41, 5.74) is 1.13. The fourth-order valence-electron chi connectivity index (χ4n) is 1.57. The second kappa shape index (κ2) is 6.01. The lowest BCUT2D eigenvalue weighted by atomic mass is 10.2. The molecule has 0 aliphatic rings. The summed E-state index contributed by atoms with van der Waals surface area (Å²) in [7, 11) is 0. The highest BCUT2D eigenvalue weighted by Gasteiger charge is 2.04. The predicted molar refractivity (Wildman–Crippen MR) is 68.6 cm³/mol. The number of carbonyl (C=O) groups is 1. The van der Waals surface area contributed by atoms with Crippen molar-refractivity contribution in [1.29, 1.82) is 0 Å². The van der Waals surface area contributed by atoms with Crippen molar-refractivity contribution in [3.05, 3.63) is 53.2 Å². The monoisotopic (exact) mass is 277 g/mol. The molecule has 0 aliphatic heterocycles.